The van der Waals surface area contributed by atoms with Gasteiger partial charge in [-0.15, -0.1) is 11.3 Å². The number of ether oxygens (including phenoxy) is 3. The molecule has 0 radical (unpaired) electrons. The van der Waals surface area contributed by atoms with E-state index in [0.29, 0.717) is 39.1 Å². The number of anilines is 1. The van der Waals surface area contributed by atoms with Crippen LogP contribution in [0.15, 0.2) is 67.0 Å². The minimum absolute atomic E-state index is 0.102. The summed E-state index contributed by atoms with van der Waals surface area (Å²) >= 11 is 14.2. The van der Waals surface area contributed by atoms with Crippen LogP contribution in [0.3, 0.4) is 0 Å². The fourth-order valence-electron chi connectivity index (χ4n) is 6.64. The Morgan fingerprint density at radius 3 is 2.31 bits per heavy atom. The lowest BCUT2D eigenvalue weighted by molar-refractivity contribution is -0.904. The van der Waals surface area contributed by atoms with Gasteiger partial charge in [0.05, 0.1) is 20.8 Å². The standard InChI is InChI=1S/C35H35Cl2N3O7S/c1-45-30-9-8-22(14-31(30)46-2)25(16-27-28(36)18-39(44)19-29(27)37)26-15-24(48-33(26)34(41)42)17-40(23-6-4-3-5-7-23)35(43)47-32-20-38-12-10-21(32)11-13-38/h3-9,14-15,18-19,21,25,32H,10-13,16-17,20H2,1-2H3,(H-,41,42,44)/p+1/t25-,32-/m0/s1. The Balaban J connectivity index is 1.39. The normalized spacial score (nSPS) is 19.0. The lowest BCUT2D eigenvalue weighted by Crippen LogP contribution is -2.53. The molecule has 0 spiro atoms. The molecule has 3 saturated heterocycles. The monoisotopic (exact) mass is 712 g/mol. The quantitative estimate of drug-likeness (QED) is 0.128. The number of amides is 1. The molecule has 252 valence electrons. The lowest BCUT2D eigenvalue weighted by Gasteiger charge is -2.44. The van der Waals surface area contributed by atoms with Gasteiger partial charge in [0.25, 0.3) is 0 Å². The van der Waals surface area contributed by atoms with Crippen LogP contribution in [0.25, 0.3) is 0 Å². The van der Waals surface area contributed by atoms with Crippen LogP contribution in [0.1, 0.15) is 50.0 Å². The number of hydrogen-bond donors (Lipinski definition) is 2. The van der Waals surface area contributed by atoms with Crippen LogP contribution in [0.4, 0.5) is 10.5 Å². The SMILES string of the molecule is COc1ccc([C@H](Cc2c(Cl)c[n+](O)cc2Cl)c2cc(CN(C(=O)O[C@H]3CN4CCC3CC4)c3ccccc3)sc2C(=O)O)cc1OC. The summed E-state index contributed by atoms with van der Waals surface area (Å²) < 4.78 is 17.9. The Labute approximate surface area is 292 Å². The van der Waals surface area contributed by atoms with Crippen molar-refractivity contribution in [3.8, 4) is 11.5 Å². The summed E-state index contributed by atoms with van der Waals surface area (Å²) in [6, 6.07) is 16.5. The lowest BCUT2D eigenvalue weighted by atomic mass is 9.85. The summed E-state index contributed by atoms with van der Waals surface area (Å²) in [4.78, 5) is 31.3. The maximum atomic E-state index is 13.8. The first-order valence-electron chi connectivity index (χ1n) is 15.6. The number of aromatic nitrogens is 1. The summed E-state index contributed by atoms with van der Waals surface area (Å²) in [5, 5.41) is 20.9. The van der Waals surface area contributed by atoms with Crippen LogP contribution < -0.4 is 19.1 Å². The first-order chi connectivity index (χ1) is 23.1. The number of piperidine rings is 3. The van der Waals surface area contributed by atoms with E-state index in [4.69, 9.17) is 37.4 Å². The number of carboxylic acid groups (broad SMARTS) is 1. The molecule has 2 atom stereocenters. The minimum atomic E-state index is -1.11. The number of nitrogens with zero attached hydrogens (tertiary/aromatic N) is 3. The molecule has 0 saturated carbocycles. The number of carbonyl (C=O) groups is 2. The Bertz CT molecular complexity index is 1770. The van der Waals surface area contributed by atoms with Crippen LogP contribution in [0.5, 0.6) is 11.5 Å². The Kier molecular flexibility index (Phi) is 10.3. The minimum Gasteiger partial charge on any atom is -0.493 e. The van der Waals surface area contributed by atoms with Gasteiger partial charge in [-0.05, 0) is 79.7 Å². The third kappa shape index (κ3) is 7.19. The average Bonchev–Trinajstić information content (AvgIpc) is 3.51. The maximum absolute atomic E-state index is 13.8. The number of pyridine rings is 1. The fourth-order valence-corrected chi connectivity index (χ4v) is 8.29. The second-order valence-corrected chi connectivity index (χ2v) is 13.9. The summed E-state index contributed by atoms with van der Waals surface area (Å²) in [5.74, 6) is -0.346. The molecule has 3 fully saturated rings. The number of hydrogen-bond acceptors (Lipinski definition) is 8. The average molecular weight is 714 g/mol. The van der Waals surface area contributed by atoms with Gasteiger partial charge in [-0.3, -0.25) is 15.0 Å². The van der Waals surface area contributed by atoms with Crippen molar-refractivity contribution < 1.29 is 38.8 Å². The van der Waals surface area contributed by atoms with E-state index < -0.39 is 18.0 Å². The first kappa shape index (κ1) is 33.9. The number of benzene rings is 2. The van der Waals surface area contributed by atoms with Gasteiger partial charge in [-0.25, -0.2) is 9.59 Å². The van der Waals surface area contributed by atoms with Crippen molar-refractivity contribution in [3.05, 3.63) is 103 Å². The largest absolute Gasteiger partial charge is 0.493 e. The van der Waals surface area contributed by atoms with E-state index in [1.54, 1.807) is 17.0 Å². The van der Waals surface area contributed by atoms with Crippen molar-refractivity contribution >= 4 is 52.3 Å². The van der Waals surface area contributed by atoms with E-state index >= 15 is 0 Å². The molecule has 5 heterocycles. The molecule has 2 N–H and O–H groups in total. The highest BCUT2D eigenvalue weighted by Gasteiger charge is 2.38. The van der Waals surface area contributed by atoms with Crippen molar-refractivity contribution in [3.63, 3.8) is 0 Å². The number of halogens is 2. The second kappa shape index (κ2) is 14.6. The number of methoxy groups -OCH3 is 2. The van der Waals surface area contributed by atoms with Crippen LogP contribution in [-0.4, -0.2) is 67.2 Å². The van der Waals surface area contributed by atoms with Crippen molar-refractivity contribution in [2.75, 3.05) is 38.8 Å². The molecule has 3 aliphatic rings. The Morgan fingerprint density at radius 2 is 1.71 bits per heavy atom. The zero-order valence-corrected chi connectivity index (χ0v) is 28.8. The van der Waals surface area contributed by atoms with Crippen molar-refractivity contribution in [2.45, 2.75) is 37.8 Å². The number of rotatable bonds is 11. The Hall–Kier alpha value is -4.03. The van der Waals surface area contributed by atoms with E-state index in [-0.39, 0.29) is 34.0 Å². The molecule has 3 aliphatic heterocycles. The molecule has 2 aromatic heterocycles. The van der Waals surface area contributed by atoms with Gasteiger partial charge >= 0.3 is 12.1 Å². The van der Waals surface area contributed by atoms with Gasteiger partial charge in [0.2, 0.25) is 12.4 Å². The molecule has 7 rings (SSSR count). The second-order valence-electron chi connectivity index (χ2n) is 12.0. The molecule has 2 aromatic carbocycles. The van der Waals surface area contributed by atoms with Gasteiger partial charge in [0.1, 0.15) is 21.0 Å². The number of carbonyl (C=O) groups excluding carboxylic acids is 1. The predicted octanol–water partition coefficient (Wildman–Crippen LogP) is 6.91. The first-order valence-corrected chi connectivity index (χ1v) is 17.1. The summed E-state index contributed by atoms with van der Waals surface area (Å²) in [6.07, 6.45) is 4.20. The molecule has 0 aliphatic carbocycles. The zero-order valence-electron chi connectivity index (χ0n) is 26.5. The number of thiophene rings is 1. The van der Waals surface area contributed by atoms with Crippen LogP contribution in [0.2, 0.25) is 10.0 Å². The van der Waals surface area contributed by atoms with Gasteiger partial charge in [0, 0.05) is 33.3 Å². The maximum Gasteiger partial charge on any atom is 0.414 e. The number of fused-ring (bicyclic) bond motifs is 3. The van der Waals surface area contributed by atoms with Gasteiger partial charge < -0.3 is 19.3 Å². The fraction of sp³-hybridized carbons (Fsp3) is 0.343. The molecule has 48 heavy (non-hydrogen) atoms. The van der Waals surface area contributed by atoms with Crippen LogP contribution in [-0.2, 0) is 17.7 Å². The molecule has 13 heteroatoms. The van der Waals surface area contributed by atoms with Crippen LogP contribution >= 0.6 is 34.5 Å². The third-order valence-corrected chi connectivity index (χ3v) is 10.9. The van der Waals surface area contributed by atoms with Gasteiger partial charge in [-0.1, -0.05) is 47.5 Å². The third-order valence-electron chi connectivity index (χ3n) is 9.12. The van der Waals surface area contributed by atoms with Crippen molar-refractivity contribution in [2.24, 2.45) is 5.92 Å². The van der Waals surface area contributed by atoms with E-state index in [1.165, 1.54) is 26.6 Å². The molecule has 4 aromatic rings. The number of carboxylic acids is 1. The van der Waals surface area contributed by atoms with E-state index in [2.05, 4.69) is 4.90 Å². The molecular formula is C35H36Cl2N3O7S+. The Morgan fingerprint density at radius 1 is 1.02 bits per heavy atom. The van der Waals surface area contributed by atoms with Gasteiger partial charge in [0.15, 0.2) is 11.5 Å². The summed E-state index contributed by atoms with van der Waals surface area (Å²) in [7, 11) is 3.07. The van der Waals surface area contributed by atoms with E-state index in [0.717, 1.165) is 54.1 Å². The summed E-state index contributed by atoms with van der Waals surface area (Å²) in [6.45, 7) is 2.87. The molecular weight excluding hydrogens is 677 g/mol. The molecule has 0 unspecified atom stereocenters. The summed E-state index contributed by atoms with van der Waals surface area (Å²) in [5.41, 5.74) is 2.42. The van der Waals surface area contributed by atoms with Gasteiger partial charge in [-0.2, -0.15) is 0 Å². The zero-order chi connectivity index (χ0) is 33.9. The van der Waals surface area contributed by atoms with Crippen molar-refractivity contribution in [1.82, 2.24) is 4.90 Å². The predicted molar refractivity (Wildman–Crippen MR) is 182 cm³/mol. The highest BCUT2D eigenvalue weighted by Crippen LogP contribution is 2.41. The molecule has 10 nitrogen and oxygen atoms in total. The number of para-hydroxylation sites is 1. The molecule has 2 bridgehead atoms. The van der Waals surface area contributed by atoms with E-state index in [9.17, 15) is 19.9 Å². The number of aromatic carboxylic acids is 1. The highest BCUT2D eigenvalue weighted by molar-refractivity contribution is 7.14. The smallest absolute Gasteiger partial charge is 0.414 e. The van der Waals surface area contributed by atoms with Crippen molar-refractivity contribution in [1.29, 1.82) is 0 Å². The van der Waals surface area contributed by atoms with Crippen LogP contribution in [0, 0.1) is 5.92 Å². The molecule has 1 amide bonds. The topological polar surface area (TPSA) is 113 Å². The highest BCUT2D eigenvalue weighted by atomic mass is 35.5. The van der Waals surface area contributed by atoms with E-state index in [1.807, 2.05) is 42.5 Å².